The van der Waals surface area contributed by atoms with Crippen molar-refractivity contribution in [2.24, 2.45) is 0 Å². The second kappa shape index (κ2) is 9.19. The minimum atomic E-state index is -4.07. The smallest absolute Gasteiger partial charge is 0.492 e. The predicted molar refractivity (Wildman–Crippen MR) is 124 cm³/mol. The van der Waals surface area contributed by atoms with E-state index in [0.717, 1.165) is 4.31 Å². The Bertz CT molecular complexity index is 1050. The van der Waals surface area contributed by atoms with E-state index < -0.39 is 28.3 Å². The zero-order valence-corrected chi connectivity index (χ0v) is 20.4. The Labute approximate surface area is 194 Å². The van der Waals surface area contributed by atoms with Crippen LogP contribution < -0.4 is 14.5 Å². The second-order valence-corrected chi connectivity index (χ2v) is 10.8. The molecule has 0 spiro atoms. The Balaban J connectivity index is 2.09. The summed E-state index contributed by atoms with van der Waals surface area (Å²) < 4.78 is 46.0. The maximum absolute atomic E-state index is 13.6. The lowest BCUT2D eigenvalue weighted by atomic mass is 9.79. The molecule has 0 saturated carbocycles. The number of hydrogen-bond acceptors (Lipinski definition) is 7. The van der Waals surface area contributed by atoms with Crippen LogP contribution in [0.25, 0.3) is 0 Å². The van der Waals surface area contributed by atoms with Crippen LogP contribution in [0.3, 0.4) is 0 Å². The van der Waals surface area contributed by atoms with Gasteiger partial charge in [0.05, 0.1) is 17.8 Å². The minimum Gasteiger partial charge on any atom is -0.492 e. The Morgan fingerprint density at radius 1 is 1.19 bits per heavy atom. The van der Waals surface area contributed by atoms with Crippen LogP contribution in [0.5, 0.6) is 5.75 Å². The number of halogens is 1. The van der Waals surface area contributed by atoms with Gasteiger partial charge in [-0.1, -0.05) is 17.7 Å². The van der Waals surface area contributed by atoms with Gasteiger partial charge in [0, 0.05) is 36.8 Å². The number of anilines is 1. The molecular weight excluding hydrogens is 455 g/mol. The number of aliphatic hydroxyl groups excluding tert-OH is 1. The summed E-state index contributed by atoms with van der Waals surface area (Å²) in [5.41, 5.74) is -0.866. The van der Waals surface area contributed by atoms with Gasteiger partial charge in [-0.05, 0) is 52.0 Å². The van der Waals surface area contributed by atoms with E-state index in [0.29, 0.717) is 11.9 Å². The van der Waals surface area contributed by atoms with Gasteiger partial charge in [0.2, 0.25) is 0 Å². The number of pyridine rings is 1. The first-order valence-corrected chi connectivity index (χ1v) is 12.1. The predicted octanol–water partition coefficient (Wildman–Crippen LogP) is 2.62. The molecule has 1 saturated heterocycles. The summed E-state index contributed by atoms with van der Waals surface area (Å²) in [6.45, 7) is 7.65. The van der Waals surface area contributed by atoms with E-state index in [1.807, 2.05) is 27.7 Å². The SMILES string of the molecule is CN(c1ccccn1)S(=O)(=O)c1cc(B2OC(C)(C)C(C)(C)O2)c(Cl)cc1OCCCO. The molecule has 0 atom stereocenters. The first kappa shape index (κ1) is 24.8. The molecule has 0 unspecified atom stereocenters. The van der Waals surface area contributed by atoms with Gasteiger partial charge in [-0.3, -0.25) is 4.31 Å². The maximum atomic E-state index is 13.6. The average Bonchev–Trinajstić information content (AvgIpc) is 2.95. The highest BCUT2D eigenvalue weighted by Crippen LogP contribution is 2.38. The van der Waals surface area contributed by atoms with E-state index in [1.165, 1.54) is 25.4 Å². The number of aliphatic hydroxyl groups is 1. The van der Waals surface area contributed by atoms with Crippen molar-refractivity contribution in [3.05, 3.63) is 41.6 Å². The number of aromatic nitrogens is 1. The van der Waals surface area contributed by atoms with Crippen molar-refractivity contribution in [1.29, 1.82) is 0 Å². The molecule has 11 heteroatoms. The van der Waals surface area contributed by atoms with Crippen molar-refractivity contribution in [3.8, 4) is 5.75 Å². The lowest BCUT2D eigenvalue weighted by Crippen LogP contribution is -2.41. The molecule has 32 heavy (non-hydrogen) atoms. The summed E-state index contributed by atoms with van der Waals surface area (Å²) in [5.74, 6) is 0.326. The fourth-order valence-electron chi connectivity index (χ4n) is 3.07. The van der Waals surface area contributed by atoms with E-state index in [1.54, 1.807) is 18.2 Å². The molecule has 0 bridgehead atoms. The average molecular weight is 483 g/mol. The molecule has 0 radical (unpaired) electrons. The third kappa shape index (κ3) is 4.74. The van der Waals surface area contributed by atoms with Gasteiger partial charge in [0.15, 0.2) is 0 Å². The van der Waals surface area contributed by atoms with Crippen LogP contribution in [0.4, 0.5) is 5.82 Å². The molecular formula is C21H28BClN2O6S. The molecule has 1 aromatic heterocycles. The highest BCUT2D eigenvalue weighted by molar-refractivity contribution is 7.92. The Morgan fingerprint density at radius 2 is 1.84 bits per heavy atom. The number of nitrogens with zero attached hydrogens (tertiary/aromatic N) is 2. The fraction of sp³-hybridized carbons (Fsp3) is 0.476. The molecule has 0 amide bonds. The van der Waals surface area contributed by atoms with E-state index in [-0.39, 0.29) is 34.7 Å². The van der Waals surface area contributed by atoms with Crippen LogP contribution in [0.2, 0.25) is 5.02 Å². The maximum Gasteiger partial charge on any atom is 0.496 e. The normalized spacial score (nSPS) is 17.4. The van der Waals surface area contributed by atoms with Gasteiger partial charge in [-0.2, -0.15) is 0 Å². The standard InChI is InChI=1S/C21H28BClN2O6S/c1-20(2)21(3,4)31-22(30-20)15-13-18(17(14-16(15)23)29-12-8-11-26)32(27,28)25(5)19-9-6-7-10-24-19/h6-7,9-10,13-14,26H,8,11-12H2,1-5H3. The molecule has 1 aliphatic heterocycles. The molecule has 1 aromatic carbocycles. The number of ether oxygens (including phenoxy) is 1. The summed E-state index contributed by atoms with van der Waals surface area (Å²) in [6, 6.07) is 7.86. The summed E-state index contributed by atoms with van der Waals surface area (Å²) in [7, 11) is -3.51. The van der Waals surface area contributed by atoms with Crippen molar-refractivity contribution in [2.75, 3.05) is 24.6 Å². The van der Waals surface area contributed by atoms with Gasteiger partial charge < -0.3 is 19.2 Å². The van der Waals surface area contributed by atoms with E-state index in [9.17, 15) is 8.42 Å². The molecule has 1 fully saturated rings. The van der Waals surface area contributed by atoms with Crippen LogP contribution in [0.15, 0.2) is 41.4 Å². The van der Waals surface area contributed by atoms with Gasteiger partial charge in [-0.25, -0.2) is 13.4 Å². The monoisotopic (exact) mass is 482 g/mol. The lowest BCUT2D eigenvalue weighted by molar-refractivity contribution is 0.00578. The van der Waals surface area contributed by atoms with Gasteiger partial charge >= 0.3 is 7.12 Å². The van der Waals surface area contributed by atoms with Gasteiger partial charge in [-0.15, -0.1) is 0 Å². The van der Waals surface area contributed by atoms with Crippen molar-refractivity contribution < 1.29 is 27.6 Å². The van der Waals surface area contributed by atoms with Gasteiger partial charge in [0.1, 0.15) is 16.5 Å². The third-order valence-corrected chi connectivity index (χ3v) is 7.85. The molecule has 174 valence electrons. The number of hydrogen-bond donors (Lipinski definition) is 1. The first-order chi connectivity index (χ1) is 14.9. The quantitative estimate of drug-likeness (QED) is 0.456. The highest BCUT2D eigenvalue weighted by atomic mass is 35.5. The number of sulfonamides is 1. The molecule has 0 aliphatic carbocycles. The summed E-state index contributed by atoms with van der Waals surface area (Å²) in [5, 5.41) is 9.33. The van der Waals surface area contributed by atoms with E-state index in [4.69, 9.17) is 30.8 Å². The molecule has 8 nitrogen and oxygen atoms in total. The molecule has 1 aliphatic rings. The zero-order chi connectivity index (χ0) is 23.7. The van der Waals surface area contributed by atoms with Crippen LogP contribution >= 0.6 is 11.6 Å². The van der Waals surface area contributed by atoms with E-state index in [2.05, 4.69) is 4.98 Å². The Morgan fingerprint density at radius 3 is 2.41 bits per heavy atom. The first-order valence-electron chi connectivity index (χ1n) is 10.2. The minimum absolute atomic E-state index is 0.0755. The van der Waals surface area contributed by atoms with Crippen molar-refractivity contribution in [3.63, 3.8) is 0 Å². The number of benzene rings is 1. The van der Waals surface area contributed by atoms with E-state index >= 15 is 0 Å². The van der Waals surface area contributed by atoms with Crippen molar-refractivity contribution in [2.45, 2.75) is 50.2 Å². The van der Waals surface area contributed by atoms with Crippen LogP contribution in [0, 0.1) is 0 Å². The Kier molecular flexibility index (Phi) is 7.12. The van der Waals surface area contributed by atoms with Crippen molar-refractivity contribution >= 4 is 40.0 Å². The highest BCUT2D eigenvalue weighted by Gasteiger charge is 2.52. The van der Waals surface area contributed by atoms with Gasteiger partial charge in [0.25, 0.3) is 10.0 Å². The fourth-order valence-corrected chi connectivity index (χ4v) is 4.61. The summed E-state index contributed by atoms with van der Waals surface area (Å²) >= 11 is 6.52. The molecule has 1 N–H and O–H groups in total. The third-order valence-electron chi connectivity index (χ3n) is 5.74. The largest absolute Gasteiger partial charge is 0.496 e. The zero-order valence-electron chi connectivity index (χ0n) is 18.8. The summed E-state index contributed by atoms with van der Waals surface area (Å²) in [6.07, 6.45) is 1.85. The van der Waals surface area contributed by atoms with Crippen LogP contribution in [-0.4, -0.2) is 57.1 Å². The topological polar surface area (TPSA) is 98.2 Å². The van der Waals surface area contributed by atoms with Crippen molar-refractivity contribution in [1.82, 2.24) is 4.98 Å². The summed E-state index contributed by atoms with van der Waals surface area (Å²) in [4.78, 5) is 4.03. The Hall–Kier alpha value is -1.85. The molecule has 3 rings (SSSR count). The molecule has 2 heterocycles. The van der Waals surface area contributed by atoms with Crippen LogP contribution in [-0.2, 0) is 19.3 Å². The van der Waals surface area contributed by atoms with Crippen LogP contribution in [0.1, 0.15) is 34.1 Å². The number of rotatable bonds is 8. The second-order valence-electron chi connectivity index (χ2n) is 8.49. The lowest BCUT2D eigenvalue weighted by Gasteiger charge is -2.32. The molecule has 2 aromatic rings.